The lowest BCUT2D eigenvalue weighted by Gasteiger charge is -2.30. The molecule has 12 rings (SSSR count). The minimum Gasteiger partial charge on any atom is -0.456 e. The van der Waals surface area contributed by atoms with Crippen molar-refractivity contribution in [2.75, 3.05) is 0 Å². The molecule has 0 bridgehead atoms. The van der Waals surface area contributed by atoms with Gasteiger partial charge in [0.05, 0.1) is 5.41 Å². The minimum absolute atomic E-state index is 0.370. The van der Waals surface area contributed by atoms with Gasteiger partial charge in [0.1, 0.15) is 11.5 Å². The molecular weight excluding hydrogens is 629 g/mol. The summed E-state index contributed by atoms with van der Waals surface area (Å²) in [5, 5.41) is 4.84. The largest absolute Gasteiger partial charge is 0.456 e. The average Bonchev–Trinajstić information content (AvgIpc) is 3.67. The first-order valence-electron chi connectivity index (χ1n) is 18.1. The van der Waals surface area contributed by atoms with E-state index in [2.05, 4.69) is 182 Å². The Morgan fingerprint density at radius 3 is 1.54 bits per heavy atom. The molecule has 0 atom stereocenters. The Kier molecular flexibility index (Phi) is 5.49. The van der Waals surface area contributed by atoms with E-state index in [0.717, 1.165) is 17.1 Å². The van der Waals surface area contributed by atoms with Gasteiger partial charge in [-0.25, -0.2) is 0 Å². The van der Waals surface area contributed by atoms with E-state index < -0.39 is 0 Å². The monoisotopic (exact) mass is 658 g/mol. The molecule has 1 spiro atoms. The summed E-state index contributed by atoms with van der Waals surface area (Å²) >= 11 is 0. The lowest BCUT2D eigenvalue weighted by Crippen LogP contribution is -2.25. The van der Waals surface area contributed by atoms with Gasteiger partial charge < -0.3 is 4.74 Å². The van der Waals surface area contributed by atoms with Crippen LogP contribution in [0.2, 0.25) is 0 Å². The van der Waals surface area contributed by atoms with E-state index in [9.17, 15) is 0 Å². The summed E-state index contributed by atoms with van der Waals surface area (Å²) in [6.45, 7) is 0. The zero-order valence-electron chi connectivity index (χ0n) is 28.2. The molecule has 1 heterocycles. The van der Waals surface area contributed by atoms with Gasteiger partial charge in [0, 0.05) is 10.9 Å². The summed E-state index contributed by atoms with van der Waals surface area (Å²) < 4.78 is 6.58. The minimum atomic E-state index is -0.370. The number of rotatable bonds is 2. The Labute approximate surface area is 302 Å². The first-order valence-corrected chi connectivity index (χ1v) is 18.1. The molecule has 0 saturated heterocycles. The summed E-state index contributed by atoms with van der Waals surface area (Å²) in [5.74, 6) is 1.82. The van der Waals surface area contributed by atoms with Crippen molar-refractivity contribution in [1.82, 2.24) is 0 Å². The van der Waals surface area contributed by atoms with E-state index in [-0.39, 0.29) is 5.41 Å². The number of hydrogen-bond acceptors (Lipinski definition) is 1. The summed E-state index contributed by atoms with van der Waals surface area (Å²) in [4.78, 5) is 0. The van der Waals surface area contributed by atoms with Crippen LogP contribution in [-0.2, 0) is 5.41 Å². The molecule has 240 valence electrons. The molecule has 0 unspecified atom stereocenters. The van der Waals surface area contributed by atoms with Crippen LogP contribution in [0, 0.1) is 0 Å². The van der Waals surface area contributed by atoms with E-state index >= 15 is 0 Å². The molecule has 2 aliphatic carbocycles. The number of fused-ring (bicyclic) bond motifs is 13. The molecular formula is C51H30O. The van der Waals surface area contributed by atoms with Crippen LogP contribution in [0.4, 0.5) is 0 Å². The molecule has 9 aromatic carbocycles. The SMILES string of the molecule is c1ccc2c(c1)-c1ccccc1C21c2ccccc2-c2ccc(-c3ccc(-c4cccc5c4-c4cccc6cccc(c46)O5)c4ccccc34)cc21. The highest BCUT2D eigenvalue weighted by molar-refractivity contribution is 6.12. The highest BCUT2D eigenvalue weighted by Crippen LogP contribution is 2.63. The van der Waals surface area contributed by atoms with Crippen LogP contribution in [-0.4, -0.2) is 0 Å². The normalized spacial score (nSPS) is 13.7. The summed E-state index contributed by atoms with van der Waals surface area (Å²) in [5.41, 5.74) is 17.6. The molecule has 0 saturated carbocycles. The van der Waals surface area contributed by atoms with Gasteiger partial charge in [0.15, 0.2) is 0 Å². The van der Waals surface area contributed by atoms with Crippen LogP contribution in [0.1, 0.15) is 22.3 Å². The molecule has 0 amide bonds. The van der Waals surface area contributed by atoms with Gasteiger partial charge in [-0.15, -0.1) is 0 Å². The smallest absolute Gasteiger partial charge is 0.135 e. The van der Waals surface area contributed by atoms with E-state index in [4.69, 9.17) is 4.74 Å². The van der Waals surface area contributed by atoms with Crippen molar-refractivity contribution in [2.24, 2.45) is 0 Å². The lowest BCUT2D eigenvalue weighted by atomic mass is 9.70. The second kappa shape index (κ2) is 10.2. The molecule has 1 nitrogen and oxygen atoms in total. The maximum atomic E-state index is 6.58. The Morgan fingerprint density at radius 1 is 0.327 bits per heavy atom. The molecule has 0 N–H and O–H groups in total. The fourth-order valence-corrected chi connectivity index (χ4v) is 9.88. The van der Waals surface area contributed by atoms with Crippen molar-refractivity contribution in [1.29, 1.82) is 0 Å². The van der Waals surface area contributed by atoms with Gasteiger partial charge in [0.2, 0.25) is 0 Å². The summed E-state index contributed by atoms with van der Waals surface area (Å²) in [6.07, 6.45) is 0. The van der Waals surface area contributed by atoms with Crippen LogP contribution in [0.25, 0.3) is 77.2 Å². The maximum Gasteiger partial charge on any atom is 0.135 e. The third-order valence-corrected chi connectivity index (χ3v) is 11.9. The summed E-state index contributed by atoms with van der Waals surface area (Å²) in [7, 11) is 0. The first kappa shape index (κ1) is 28.0. The fraction of sp³-hybridized carbons (Fsp3) is 0.0196. The Morgan fingerprint density at radius 2 is 0.827 bits per heavy atom. The molecule has 0 aromatic heterocycles. The number of ether oxygens (including phenoxy) is 1. The zero-order valence-corrected chi connectivity index (χ0v) is 28.2. The molecule has 1 heteroatoms. The summed E-state index contributed by atoms with van der Waals surface area (Å²) in [6, 6.07) is 67.2. The highest BCUT2D eigenvalue weighted by atomic mass is 16.5. The predicted molar refractivity (Wildman–Crippen MR) is 214 cm³/mol. The van der Waals surface area contributed by atoms with E-state index in [1.807, 2.05) is 0 Å². The van der Waals surface area contributed by atoms with Crippen molar-refractivity contribution in [2.45, 2.75) is 5.41 Å². The van der Waals surface area contributed by atoms with Crippen LogP contribution in [0.3, 0.4) is 0 Å². The lowest BCUT2D eigenvalue weighted by molar-refractivity contribution is 0.487. The quantitative estimate of drug-likeness (QED) is 0.180. The van der Waals surface area contributed by atoms with Gasteiger partial charge in [-0.2, -0.15) is 0 Å². The first-order chi connectivity index (χ1) is 25.8. The second-order valence-corrected chi connectivity index (χ2v) is 14.3. The molecule has 0 radical (unpaired) electrons. The maximum absolute atomic E-state index is 6.58. The van der Waals surface area contributed by atoms with Gasteiger partial charge in [0.25, 0.3) is 0 Å². The fourth-order valence-electron chi connectivity index (χ4n) is 9.88. The number of benzene rings is 9. The highest BCUT2D eigenvalue weighted by Gasteiger charge is 2.51. The Balaban J connectivity index is 1.09. The standard InChI is InChI=1S/C51H30O/c1-2-15-35-34(14-1)33(28-29-36(35)41-19-11-25-48-50(41)42-20-9-12-31-13-10-24-47(52-48)49(31)42)32-26-27-40-39-18-5-8-23-45(39)51(46(40)30-32)43-21-6-3-16-37(43)38-17-4-7-22-44(38)51/h1-30H. The van der Waals surface area contributed by atoms with Crippen molar-refractivity contribution >= 4 is 21.5 Å². The van der Waals surface area contributed by atoms with Crippen molar-refractivity contribution < 1.29 is 4.74 Å². The van der Waals surface area contributed by atoms with Crippen molar-refractivity contribution in [3.05, 3.63) is 204 Å². The van der Waals surface area contributed by atoms with Crippen LogP contribution in [0.5, 0.6) is 11.5 Å². The van der Waals surface area contributed by atoms with Crippen molar-refractivity contribution in [3.8, 4) is 67.1 Å². The third-order valence-electron chi connectivity index (χ3n) is 11.9. The Bertz CT molecular complexity index is 2930. The van der Waals surface area contributed by atoms with Gasteiger partial charge in [-0.05, 0) is 107 Å². The second-order valence-electron chi connectivity index (χ2n) is 14.3. The molecule has 9 aromatic rings. The zero-order chi connectivity index (χ0) is 34.0. The van der Waals surface area contributed by atoms with Gasteiger partial charge in [-0.1, -0.05) is 164 Å². The van der Waals surface area contributed by atoms with E-state index in [0.29, 0.717) is 0 Å². The molecule has 0 fully saturated rings. The van der Waals surface area contributed by atoms with Gasteiger partial charge in [-0.3, -0.25) is 0 Å². The van der Waals surface area contributed by atoms with E-state index in [1.54, 1.807) is 0 Å². The molecule has 1 aliphatic heterocycles. The Hall–Kier alpha value is -6.70. The number of hydrogen-bond donors (Lipinski definition) is 0. The third kappa shape index (κ3) is 3.48. The topological polar surface area (TPSA) is 9.23 Å². The average molecular weight is 659 g/mol. The van der Waals surface area contributed by atoms with E-state index in [1.165, 1.54) is 93.9 Å². The van der Waals surface area contributed by atoms with Gasteiger partial charge >= 0.3 is 0 Å². The van der Waals surface area contributed by atoms with Crippen molar-refractivity contribution in [3.63, 3.8) is 0 Å². The van der Waals surface area contributed by atoms with Crippen LogP contribution < -0.4 is 4.74 Å². The van der Waals surface area contributed by atoms with Crippen LogP contribution in [0.15, 0.2) is 182 Å². The van der Waals surface area contributed by atoms with Crippen LogP contribution >= 0.6 is 0 Å². The molecule has 52 heavy (non-hydrogen) atoms. The molecule has 3 aliphatic rings. The predicted octanol–water partition coefficient (Wildman–Crippen LogP) is 13.4.